The van der Waals surface area contributed by atoms with E-state index in [0.29, 0.717) is 5.92 Å². The maximum absolute atomic E-state index is 4.40. The van der Waals surface area contributed by atoms with Crippen LogP contribution in [0, 0.1) is 5.92 Å². The number of aryl methyl sites for hydroxylation is 1. The van der Waals surface area contributed by atoms with Crippen LogP contribution in [0.2, 0.25) is 0 Å². The van der Waals surface area contributed by atoms with E-state index in [1.807, 2.05) is 32.4 Å². The van der Waals surface area contributed by atoms with E-state index < -0.39 is 0 Å². The fourth-order valence-electron chi connectivity index (χ4n) is 2.96. The quantitative estimate of drug-likeness (QED) is 0.750. The summed E-state index contributed by atoms with van der Waals surface area (Å²) in [6, 6.07) is 0. The number of pyridine rings is 2. The highest BCUT2D eigenvalue weighted by Crippen LogP contribution is 2.44. The minimum atomic E-state index is 0.251. The Morgan fingerprint density at radius 3 is 2.32 bits per heavy atom. The van der Waals surface area contributed by atoms with E-state index in [1.54, 1.807) is 0 Å². The van der Waals surface area contributed by atoms with Gasteiger partial charge >= 0.3 is 0 Å². The van der Waals surface area contributed by atoms with Gasteiger partial charge in [-0.05, 0) is 40.7 Å². The number of rotatable bonds is 1. The summed E-state index contributed by atoms with van der Waals surface area (Å²) in [4.78, 5) is 8.71. The predicted molar refractivity (Wildman–Crippen MR) is 81.4 cm³/mol. The molecule has 19 heavy (non-hydrogen) atoms. The van der Waals surface area contributed by atoms with Crippen LogP contribution in [0.25, 0.3) is 10.8 Å². The van der Waals surface area contributed by atoms with Gasteiger partial charge in [0.15, 0.2) is 0 Å². The van der Waals surface area contributed by atoms with Crippen LogP contribution in [0.3, 0.4) is 0 Å². The smallest absolute Gasteiger partial charge is 0.0362 e. The van der Waals surface area contributed by atoms with E-state index in [-0.39, 0.29) is 5.41 Å². The number of aromatic nitrogens is 2. The minimum Gasteiger partial charge on any atom is -0.264 e. The van der Waals surface area contributed by atoms with E-state index in [2.05, 4.69) is 36.9 Å². The summed E-state index contributed by atoms with van der Waals surface area (Å²) >= 11 is 0. The van der Waals surface area contributed by atoms with E-state index in [9.17, 15) is 0 Å². The van der Waals surface area contributed by atoms with Crippen molar-refractivity contribution < 1.29 is 0 Å². The molecule has 0 fully saturated rings. The molecule has 1 aliphatic rings. The maximum Gasteiger partial charge on any atom is 0.0362 e. The molecule has 0 radical (unpaired) electrons. The fourth-order valence-corrected chi connectivity index (χ4v) is 2.96. The molecule has 0 bridgehead atoms. The van der Waals surface area contributed by atoms with Crippen molar-refractivity contribution in [2.24, 2.45) is 5.92 Å². The van der Waals surface area contributed by atoms with Crippen LogP contribution in [-0.2, 0) is 11.8 Å². The van der Waals surface area contributed by atoms with Crippen molar-refractivity contribution in [2.75, 3.05) is 0 Å². The second kappa shape index (κ2) is 5.28. The summed E-state index contributed by atoms with van der Waals surface area (Å²) in [6.45, 7) is 11.0. The molecule has 0 saturated carbocycles. The molecule has 0 saturated heterocycles. The van der Waals surface area contributed by atoms with Crippen molar-refractivity contribution in [3.05, 3.63) is 35.9 Å². The SMILES string of the molecule is CC.CC(C)C1(C)CCc2cncc3cncc1c23. The molecule has 2 nitrogen and oxygen atoms in total. The van der Waals surface area contributed by atoms with Gasteiger partial charge in [0.1, 0.15) is 0 Å². The summed E-state index contributed by atoms with van der Waals surface area (Å²) < 4.78 is 0. The molecular formula is C17H24N2. The van der Waals surface area contributed by atoms with Crippen LogP contribution >= 0.6 is 0 Å². The van der Waals surface area contributed by atoms with E-state index >= 15 is 0 Å². The number of hydrogen-bond acceptors (Lipinski definition) is 2. The Balaban J connectivity index is 0.000000637. The molecule has 0 aromatic carbocycles. The van der Waals surface area contributed by atoms with Crippen molar-refractivity contribution in [3.8, 4) is 0 Å². The first-order valence-corrected chi connectivity index (χ1v) is 7.34. The molecule has 3 rings (SSSR count). The molecule has 0 N–H and O–H groups in total. The third kappa shape index (κ3) is 2.13. The van der Waals surface area contributed by atoms with Gasteiger partial charge in [-0.25, -0.2) is 0 Å². The molecule has 0 amide bonds. The minimum absolute atomic E-state index is 0.251. The van der Waals surface area contributed by atoms with Crippen molar-refractivity contribution in [1.82, 2.24) is 9.97 Å². The lowest BCUT2D eigenvalue weighted by Gasteiger charge is -2.38. The largest absolute Gasteiger partial charge is 0.264 e. The maximum atomic E-state index is 4.40. The van der Waals surface area contributed by atoms with Gasteiger partial charge in [-0.15, -0.1) is 0 Å². The summed E-state index contributed by atoms with van der Waals surface area (Å²) in [6.07, 6.45) is 10.3. The summed E-state index contributed by atoms with van der Waals surface area (Å²) in [5, 5.41) is 2.59. The van der Waals surface area contributed by atoms with Crippen LogP contribution in [0.1, 0.15) is 52.2 Å². The van der Waals surface area contributed by atoms with Gasteiger partial charge < -0.3 is 0 Å². The predicted octanol–water partition coefficient (Wildman–Crippen LogP) is 4.52. The second-order valence-corrected chi connectivity index (χ2v) is 5.66. The Kier molecular flexibility index (Phi) is 3.88. The van der Waals surface area contributed by atoms with Crippen molar-refractivity contribution >= 4 is 10.8 Å². The molecule has 102 valence electrons. The molecule has 1 aliphatic carbocycles. The highest BCUT2D eigenvalue weighted by atomic mass is 14.7. The van der Waals surface area contributed by atoms with Gasteiger partial charge in [0, 0.05) is 30.2 Å². The van der Waals surface area contributed by atoms with E-state index in [1.165, 1.54) is 28.3 Å². The zero-order valence-corrected chi connectivity index (χ0v) is 12.7. The average molecular weight is 256 g/mol. The number of nitrogens with zero attached hydrogens (tertiary/aromatic N) is 2. The summed E-state index contributed by atoms with van der Waals surface area (Å²) in [5.74, 6) is 0.635. The van der Waals surface area contributed by atoms with Crippen LogP contribution in [-0.4, -0.2) is 9.97 Å². The van der Waals surface area contributed by atoms with Crippen molar-refractivity contribution in [3.63, 3.8) is 0 Å². The first-order valence-electron chi connectivity index (χ1n) is 7.34. The van der Waals surface area contributed by atoms with Gasteiger partial charge in [-0.2, -0.15) is 0 Å². The highest BCUT2D eigenvalue weighted by molar-refractivity contribution is 5.88. The molecule has 1 atom stereocenters. The summed E-state index contributed by atoms with van der Waals surface area (Å²) in [5.41, 5.74) is 3.05. The molecule has 1 unspecified atom stereocenters. The van der Waals surface area contributed by atoms with Gasteiger partial charge in [-0.1, -0.05) is 34.6 Å². The molecule has 2 heterocycles. The third-order valence-electron chi connectivity index (χ3n) is 4.54. The standard InChI is InChI=1S/C15H18N2.C2H6/c1-10(2)15(3)5-4-11-6-16-7-12-8-17-9-13(15)14(11)12;1-2/h6-10H,4-5H2,1-3H3;1-2H3. The van der Waals surface area contributed by atoms with Crippen LogP contribution in [0.5, 0.6) is 0 Å². The van der Waals surface area contributed by atoms with E-state index in [0.717, 1.165) is 6.42 Å². The number of hydrogen-bond donors (Lipinski definition) is 0. The summed E-state index contributed by atoms with van der Waals surface area (Å²) in [7, 11) is 0. The zero-order chi connectivity index (χ0) is 14.0. The molecule has 2 aromatic heterocycles. The molecule has 0 aliphatic heterocycles. The molecule has 2 heteroatoms. The lowest BCUT2D eigenvalue weighted by Crippen LogP contribution is -2.32. The fraction of sp³-hybridized carbons (Fsp3) is 0.529. The second-order valence-electron chi connectivity index (χ2n) is 5.66. The normalized spacial score (nSPS) is 21.2. The van der Waals surface area contributed by atoms with Crippen LogP contribution in [0.4, 0.5) is 0 Å². The lowest BCUT2D eigenvalue weighted by atomic mass is 9.66. The zero-order valence-electron chi connectivity index (χ0n) is 12.7. The lowest BCUT2D eigenvalue weighted by molar-refractivity contribution is 0.310. The topological polar surface area (TPSA) is 25.8 Å². The first kappa shape index (κ1) is 14.0. The van der Waals surface area contributed by atoms with Crippen molar-refractivity contribution in [1.29, 1.82) is 0 Å². The Morgan fingerprint density at radius 2 is 1.68 bits per heavy atom. The molecule has 0 spiro atoms. The van der Waals surface area contributed by atoms with Crippen LogP contribution < -0.4 is 0 Å². The third-order valence-corrected chi connectivity index (χ3v) is 4.54. The van der Waals surface area contributed by atoms with Crippen LogP contribution in [0.15, 0.2) is 24.8 Å². The van der Waals surface area contributed by atoms with Gasteiger partial charge in [0.2, 0.25) is 0 Å². The first-order chi connectivity index (χ1) is 9.13. The van der Waals surface area contributed by atoms with Crippen molar-refractivity contribution in [2.45, 2.75) is 52.9 Å². The Morgan fingerprint density at radius 1 is 1.05 bits per heavy atom. The molecule has 2 aromatic rings. The Hall–Kier alpha value is -1.44. The van der Waals surface area contributed by atoms with Gasteiger partial charge in [0.25, 0.3) is 0 Å². The highest BCUT2D eigenvalue weighted by Gasteiger charge is 2.35. The van der Waals surface area contributed by atoms with Gasteiger partial charge in [0.05, 0.1) is 0 Å². The Bertz CT molecular complexity index is 569. The molecular weight excluding hydrogens is 232 g/mol. The monoisotopic (exact) mass is 256 g/mol. The Labute approximate surface area is 116 Å². The average Bonchev–Trinajstić information content (AvgIpc) is 2.45. The van der Waals surface area contributed by atoms with E-state index in [4.69, 9.17) is 0 Å². The van der Waals surface area contributed by atoms with Gasteiger partial charge in [-0.3, -0.25) is 9.97 Å².